The van der Waals surface area contributed by atoms with Gasteiger partial charge in [0.2, 0.25) is 0 Å². The quantitative estimate of drug-likeness (QED) is 0.0518. The van der Waals surface area contributed by atoms with Crippen LogP contribution in [0.4, 0.5) is 0 Å². The van der Waals surface area contributed by atoms with E-state index in [9.17, 15) is 19.8 Å². The number of unbranched alkanes of at least 4 members (excludes halogenated alkanes) is 24. The lowest BCUT2D eigenvalue weighted by atomic mass is 9.94. The van der Waals surface area contributed by atoms with Crippen LogP contribution in [0, 0.1) is 5.41 Å². The lowest BCUT2D eigenvalue weighted by molar-refractivity contribution is -0.152. The number of phenols is 2. The molecule has 2 unspecified atom stereocenters. The van der Waals surface area contributed by atoms with Crippen LogP contribution in [0.5, 0.6) is 11.5 Å². The van der Waals surface area contributed by atoms with Crippen molar-refractivity contribution in [3.05, 3.63) is 59.7 Å². The largest absolute Gasteiger partial charge is 0.508 e. The predicted molar refractivity (Wildman–Crippen MR) is 247 cm³/mol. The van der Waals surface area contributed by atoms with E-state index in [4.69, 9.17) is 9.47 Å². The number of aromatic hydroxyl groups is 2. The van der Waals surface area contributed by atoms with Crippen LogP contribution in [0.3, 0.4) is 0 Å². The Bertz CT molecular complexity index is 1240. The third kappa shape index (κ3) is 27.4. The molecule has 0 bridgehead atoms. The van der Waals surface area contributed by atoms with Gasteiger partial charge in [-0.25, -0.2) is 0 Å². The molecule has 2 rings (SSSR count). The van der Waals surface area contributed by atoms with Gasteiger partial charge in [-0.2, -0.15) is 0 Å². The first-order valence-electron chi connectivity index (χ1n) is 24.5. The molecular weight excluding hydrogens is 733 g/mol. The summed E-state index contributed by atoms with van der Waals surface area (Å²) in [6.45, 7) is 8.96. The molecule has 0 saturated carbocycles. The van der Waals surface area contributed by atoms with E-state index in [1.54, 1.807) is 12.1 Å². The summed E-state index contributed by atoms with van der Waals surface area (Å²) >= 11 is 0. The monoisotopic (exact) mass is 821 g/mol. The summed E-state index contributed by atoms with van der Waals surface area (Å²) in [5, 5.41) is 20.1. The number of carbonyl (C=O) groups is 2. The number of benzene rings is 2. The minimum Gasteiger partial charge on any atom is -0.508 e. The van der Waals surface area contributed by atoms with Gasteiger partial charge in [-0.1, -0.05) is 218 Å². The smallest absolute Gasteiger partial charge is 0.305 e. The highest BCUT2D eigenvalue weighted by Crippen LogP contribution is 2.30. The van der Waals surface area contributed by atoms with E-state index in [-0.39, 0.29) is 30.6 Å². The Morgan fingerprint density at radius 1 is 0.441 bits per heavy atom. The molecule has 2 N–H and O–H groups in total. The highest BCUT2D eigenvalue weighted by Gasteiger charge is 2.23. The molecule has 0 heterocycles. The van der Waals surface area contributed by atoms with Gasteiger partial charge in [-0.15, -0.1) is 0 Å². The topological polar surface area (TPSA) is 93.1 Å². The van der Waals surface area contributed by atoms with Crippen LogP contribution in [0.2, 0.25) is 0 Å². The van der Waals surface area contributed by atoms with Crippen molar-refractivity contribution in [3.63, 3.8) is 0 Å². The SMILES string of the molecule is CC(CCCCCCCCCCCCCCCC(=O)OCC(C)(C)COC(=O)CCCCCCCCCCCCCCCC(C)c1ccccc1O)c1ccccc1O. The molecule has 0 aliphatic carbocycles. The Labute approximate surface area is 362 Å². The van der Waals surface area contributed by atoms with Crippen LogP contribution in [-0.4, -0.2) is 35.4 Å². The first kappa shape index (κ1) is 52.1. The second kappa shape index (κ2) is 33.7. The van der Waals surface area contributed by atoms with E-state index >= 15 is 0 Å². The van der Waals surface area contributed by atoms with E-state index in [2.05, 4.69) is 13.8 Å². The summed E-state index contributed by atoms with van der Waals surface area (Å²) in [5.74, 6) is 1.41. The Kier molecular flexibility index (Phi) is 29.7. The zero-order valence-electron chi connectivity index (χ0n) is 38.4. The predicted octanol–water partition coefficient (Wildman–Crippen LogP) is 15.8. The molecule has 0 aliphatic heterocycles. The van der Waals surface area contributed by atoms with Crippen molar-refractivity contribution >= 4 is 11.9 Å². The second-order valence-electron chi connectivity index (χ2n) is 18.7. The van der Waals surface area contributed by atoms with Crippen molar-refractivity contribution in [2.24, 2.45) is 5.41 Å². The Hall–Kier alpha value is -3.02. The van der Waals surface area contributed by atoms with Gasteiger partial charge in [0.25, 0.3) is 0 Å². The van der Waals surface area contributed by atoms with Gasteiger partial charge in [-0.05, 0) is 60.8 Å². The molecule has 0 amide bonds. The van der Waals surface area contributed by atoms with Gasteiger partial charge in [0.15, 0.2) is 0 Å². The number of rotatable bonds is 38. The fourth-order valence-electron chi connectivity index (χ4n) is 8.19. The van der Waals surface area contributed by atoms with E-state index < -0.39 is 0 Å². The fourth-order valence-corrected chi connectivity index (χ4v) is 8.19. The summed E-state index contributed by atoms with van der Waals surface area (Å²) in [6, 6.07) is 15.5. The van der Waals surface area contributed by atoms with E-state index in [0.29, 0.717) is 36.2 Å². The highest BCUT2D eigenvalue weighted by atomic mass is 16.5. The Balaban J connectivity index is 1.28. The van der Waals surface area contributed by atoms with Gasteiger partial charge in [0, 0.05) is 18.3 Å². The summed E-state index contributed by atoms with van der Waals surface area (Å²) in [4.78, 5) is 24.6. The molecule has 0 aliphatic rings. The maximum atomic E-state index is 12.3. The van der Waals surface area contributed by atoms with Crippen molar-refractivity contribution in [2.75, 3.05) is 13.2 Å². The number of phenolic OH excluding ortho intramolecular Hbond substituents is 2. The standard InChI is InChI=1S/C53H88O6/c1-45(47-37-31-33-39-49(47)54)35-27-23-19-15-11-7-5-9-13-17-21-25-29-41-51(56)58-43-53(3,4)44-59-52(57)42-30-26-22-18-14-10-6-8-12-16-20-24-28-36-46(2)48-38-32-34-40-50(48)55/h31-34,37-40,45-46,54-55H,5-30,35-36,41-44H2,1-4H3. The molecule has 59 heavy (non-hydrogen) atoms. The second-order valence-corrected chi connectivity index (χ2v) is 18.7. The normalized spacial score (nSPS) is 12.7. The average molecular weight is 821 g/mol. The van der Waals surface area contributed by atoms with E-state index in [1.165, 1.54) is 141 Å². The molecule has 0 fully saturated rings. The van der Waals surface area contributed by atoms with Crippen LogP contribution in [0.25, 0.3) is 0 Å². The number of para-hydroxylation sites is 2. The summed E-state index contributed by atoms with van der Waals surface area (Å²) in [6.07, 6.45) is 35.5. The lowest BCUT2D eigenvalue weighted by Gasteiger charge is -2.23. The first-order chi connectivity index (χ1) is 28.6. The van der Waals surface area contributed by atoms with Crippen molar-refractivity contribution in [3.8, 4) is 11.5 Å². The molecule has 0 radical (unpaired) electrons. The van der Waals surface area contributed by atoms with Gasteiger partial charge < -0.3 is 19.7 Å². The summed E-state index contributed by atoms with van der Waals surface area (Å²) < 4.78 is 11.1. The number of hydrogen-bond donors (Lipinski definition) is 2. The maximum absolute atomic E-state index is 12.3. The van der Waals surface area contributed by atoms with Crippen molar-refractivity contribution in [2.45, 2.75) is 232 Å². The van der Waals surface area contributed by atoms with Gasteiger partial charge >= 0.3 is 11.9 Å². The van der Waals surface area contributed by atoms with Crippen LogP contribution in [0.15, 0.2) is 48.5 Å². The molecule has 6 heteroatoms. The Morgan fingerprint density at radius 2 is 0.695 bits per heavy atom. The molecule has 2 aromatic carbocycles. The number of esters is 2. The molecular formula is C53H88O6. The molecule has 2 aromatic rings. The fraction of sp³-hybridized carbons (Fsp3) is 0.736. The highest BCUT2D eigenvalue weighted by molar-refractivity contribution is 5.69. The minimum atomic E-state index is -0.384. The number of ether oxygens (including phenoxy) is 2. The molecule has 2 atom stereocenters. The van der Waals surface area contributed by atoms with Crippen LogP contribution in [0.1, 0.15) is 243 Å². The van der Waals surface area contributed by atoms with Gasteiger partial charge in [-0.3, -0.25) is 9.59 Å². The maximum Gasteiger partial charge on any atom is 0.305 e. The number of carbonyl (C=O) groups excluding carboxylic acids is 2. The first-order valence-corrected chi connectivity index (χ1v) is 24.5. The molecule has 0 spiro atoms. The zero-order valence-corrected chi connectivity index (χ0v) is 38.4. The Morgan fingerprint density at radius 3 is 0.983 bits per heavy atom. The van der Waals surface area contributed by atoms with Crippen LogP contribution >= 0.6 is 0 Å². The third-order valence-electron chi connectivity index (χ3n) is 12.2. The van der Waals surface area contributed by atoms with Crippen LogP contribution in [-0.2, 0) is 19.1 Å². The minimum absolute atomic E-state index is 0.145. The molecule has 0 saturated heterocycles. The van der Waals surface area contributed by atoms with Crippen molar-refractivity contribution in [1.29, 1.82) is 0 Å². The third-order valence-corrected chi connectivity index (χ3v) is 12.2. The van der Waals surface area contributed by atoms with Gasteiger partial charge in [0.05, 0.1) is 13.2 Å². The molecule has 336 valence electrons. The molecule has 0 aromatic heterocycles. The van der Waals surface area contributed by atoms with Crippen LogP contribution < -0.4 is 0 Å². The van der Waals surface area contributed by atoms with Crippen molar-refractivity contribution < 1.29 is 29.3 Å². The molecule has 6 nitrogen and oxygen atoms in total. The zero-order chi connectivity index (χ0) is 42.8. The summed E-state index contributed by atoms with van der Waals surface area (Å²) in [7, 11) is 0. The summed E-state index contributed by atoms with van der Waals surface area (Å²) in [5.41, 5.74) is 1.77. The van der Waals surface area contributed by atoms with Crippen molar-refractivity contribution in [1.82, 2.24) is 0 Å². The average Bonchev–Trinajstić information content (AvgIpc) is 3.22. The van der Waals surface area contributed by atoms with E-state index in [1.807, 2.05) is 50.2 Å². The van der Waals surface area contributed by atoms with Gasteiger partial charge in [0.1, 0.15) is 11.5 Å². The number of hydrogen-bond acceptors (Lipinski definition) is 6. The van der Waals surface area contributed by atoms with E-state index in [0.717, 1.165) is 49.7 Å². The lowest BCUT2D eigenvalue weighted by Crippen LogP contribution is -2.28.